The molecule has 5 nitrogen and oxygen atoms in total. The van der Waals surface area contributed by atoms with Gasteiger partial charge in [0.05, 0.1) is 5.56 Å². The minimum Gasteiger partial charge on any atom is -0.404 e. The Hall–Kier alpha value is -1.59. The number of nitrogen functional groups attached to an aromatic ring is 1. The van der Waals surface area contributed by atoms with Crippen molar-refractivity contribution in [2.24, 2.45) is 0 Å². The largest absolute Gasteiger partial charge is 0.404 e. The van der Waals surface area contributed by atoms with Gasteiger partial charge in [-0.3, -0.25) is 0 Å². The molecule has 0 fully saturated rings. The van der Waals surface area contributed by atoms with E-state index in [0.29, 0.717) is 5.69 Å². The molecule has 5 heteroatoms. The van der Waals surface area contributed by atoms with Crippen molar-refractivity contribution in [3.63, 3.8) is 0 Å². The average Bonchev–Trinajstić information content (AvgIpc) is 2.18. The van der Waals surface area contributed by atoms with Crippen LogP contribution in [-0.2, 0) is 4.74 Å². The number of aliphatic hydroxyl groups is 2. The zero-order valence-corrected chi connectivity index (χ0v) is 8.30. The van der Waals surface area contributed by atoms with Crippen LogP contribution in [0.25, 0.3) is 0 Å². The highest BCUT2D eigenvalue weighted by Crippen LogP contribution is 2.13. The fourth-order valence-corrected chi connectivity index (χ4v) is 0.899. The average molecular weight is 211 g/mol. The van der Waals surface area contributed by atoms with Crippen LogP contribution in [0.15, 0.2) is 24.3 Å². The van der Waals surface area contributed by atoms with Crippen molar-refractivity contribution < 1.29 is 19.7 Å². The highest BCUT2D eigenvalue weighted by atomic mass is 16.8. The Labute approximate surface area is 87.1 Å². The quantitative estimate of drug-likeness (QED) is 0.384. The number of nitrogens with two attached hydrogens (primary N) is 1. The predicted molar refractivity (Wildman–Crippen MR) is 53.7 cm³/mol. The van der Waals surface area contributed by atoms with Gasteiger partial charge in [0.15, 0.2) is 0 Å². The smallest absolute Gasteiger partial charge is 0.342 e. The van der Waals surface area contributed by atoms with Crippen LogP contribution in [0.3, 0.4) is 0 Å². The third-order valence-corrected chi connectivity index (χ3v) is 1.86. The first-order valence-corrected chi connectivity index (χ1v) is 4.48. The molecule has 4 N–H and O–H groups in total. The van der Waals surface area contributed by atoms with Gasteiger partial charge in [0.1, 0.15) is 0 Å². The first-order chi connectivity index (χ1) is 6.94. The molecule has 0 aliphatic rings. The van der Waals surface area contributed by atoms with Gasteiger partial charge in [-0.05, 0) is 24.3 Å². The second-order valence-corrected chi connectivity index (χ2v) is 3.11. The molecular weight excluding hydrogens is 198 g/mol. The van der Waals surface area contributed by atoms with Gasteiger partial charge in [-0.2, -0.15) is 0 Å². The van der Waals surface area contributed by atoms with E-state index in [2.05, 4.69) is 4.74 Å². The minimum absolute atomic E-state index is 0.103. The number of carbonyl (C=O) groups is 1. The molecule has 0 atom stereocenters. The Kier molecular flexibility index (Phi) is 3.28. The summed E-state index contributed by atoms with van der Waals surface area (Å²) in [6, 6.07) is 5.95. The fraction of sp³-hybridized carbons (Fsp3) is 0.300. The summed E-state index contributed by atoms with van der Waals surface area (Å²) in [7, 11) is 0. The van der Waals surface area contributed by atoms with E-state index >= 15 is 0 Å². The van der Waals surface area contributed by atoms with E-state index in [-0.39, 0.29) is 12.0 Å². The van der Waals surface area contributed by atoms with Crippen LogP contribution in [0.5, 0.6) is 0 Å². The number of carbonyl (C=O) groups excluding carboxylic acids is 1. The number of hydrogen-bond donors (Lipinski definition) is 3. The molecule has 0 spiro atoms. The molecule has 82 valence electrons. The first kappa shape index (κ1) is 11.5. The van der Waals surface area contributed by atoms with Crippen molar-refractivity contribution in [2.75, 3.05) is 5.73 Å². The maximum Gasteiger partial charge on any atom is 0.342 e. The number of ether oxygens (including phenoxy) is 1. The van der Waals surface area contributed by atoms with Crippen LogP contribution < -0.4 is 5.73 Å². The van der Waals surface area contributed by atoms with Gasteiger partial charge in [0, 0.05) is 12.1 Å². The lowest BCUT2D eigenvalue weighted by atomic mass is 10.2. The summed E-state index contributed by atoms with van der Waals surface area (Å²) >= 11 is 0. The van der Waals surface area contributed by atoms with Crippen LogP contribution in [-0.4, -0.2) is 22.2 Å². The van der Waals surface area contributed by atoms with Crippen LogP contribution in [0.1, 0.15) is 23.7 Å². The zero-order chi connectivity index (χ0) is 11.5. The fourth-order valence-electron chi connectivity index (χ4n) is 0.899. The molecule has 15 heavy (non-hydrogen) atoms. The molecule has 0 aliphatic carbocycles. The zero-order valence-electron chi connectivity index (χ0n) is 8.30. The van der Waals surface area contributed by atoms with E-state index in [1.807, 2.05) is 0 Å². The number of hydrogen-bond acceptors (Lipinski definition) is 5. The van der Waals surface area contributed by atoms with E-state index in [4.69, 9.17) is 15.9 Å². The molecule has 0 heterocycles. The first-order valence-electron chi connectivity index (χ1n) is 4.48. The Bertz CT molecular complexity index is 345. The lowest BCUT2D eigenvalue weighted by Gasteiger charge is -2.19. The summed E-state index contributed by atoms with van der Waals surface area (Å²) < 4.78 is 4.44. The summed E-state index contributed by atoms with van der Waals surface area (Å²) in [5, 5.41) is 18.2. The van der Waals surface area contributed by atoms with Gasteiger partial charge in [0.25, 0.3) is 0 Å². The summed E-state index contributed by atoms with van der Waals surface area (Å²) in [6.45, 7) is 1.48. The topological polar surface area (TPSA) is 92.8 Å². The molecule has 0 aromatic heterocycles. The third-order valence-electron chi connectivity index (χ3n) is 1.86. The standard InChI is InChI=1S/C10H13NO4/c1-2-10(13,14)15-9(12)7-3-5-8(11)6-4-7/h3-6,13-14H,2,11H2,1H3. The summed E-state index contributed by atoms with van der Waals surface area (Å²) in [4.78, 5) is 11.3. The predicted octanol–water partition coefficient (Wildman–Crippen LogP) is 0.474. The molecule has 0 bridgehead atoms. The van der Waals surface area contributed by atoms with E-state index in [9.17, 15) is 4.79 Å². The number of rotatable bonds is 3. The maximum absolute atomic E-state index is 11.3. The van der Waals surface area contributed by atoms with Crippen molar-refractivity contribution in [3.05, 3.63) is 29.8 Å². The van der Waals surface area contributed by atoms with Gasteiger partial charge in [-0.15, -0.1) is 0 Å². The number of anilines is 1. The number of benzene rings is 1. The lowest BCUT2D eigenvalue weighted by Crippen LogP contribution is -2.33. The van der Waals surface area contributed by atoms with Crippen molar-refractivity contribution >= 4 is 11.7 Å². The minimum atomic E-state index is -2.42. The van der Waals surface area contributed by atoms with Crippen molar-refractivity contribution in [2.45, 2.75) is 19.3 Å². The molecule has 1 aromatic rings. The molecule has 0 saturated heterocycles. The molecule has 0 saturated carbocycles. The summed E-state index contributed by atoms with van der Waals surface area (Å²) in [5.74, 6) is -3.22. The van der Waals surface area contributed by atoms with Crippen molar-refractivity contribution in [1.82, 2.24) is 0 Å². The van der Waals surface area contributed by atoms with Gasteiger partial charge in [-0.1, -0.05) is 6.92 Å². The Morgan fingerprint density at radius 3 is 2.40 bits per heavy atom. The van der Waals surface area contributed by atoms with Gasteiger partial charge in [-0.25, -0.2) is 4.79 Å². The Morgan fingerprint density at radius 1 is 1.40 bits per heavy atom. The maximum atomic E-state index is 11.3. The van der Waals surface area contributed by atoms with Crippen LogP contribution in [0, 0.1) is 0 Å². The molecule has 1 rings (SSSR count). The Balaban J connectivity index is 2.74. The molecule has 0 radical (unpaired) electrons. The third kappa shape index (κ3) is 3.23. The normalized spacial score (nSPS) is 11.1. The van der Waals surface area contributed by atoms with Crippen LogP contribution in [0.2, 0.25) is 0 Å². The number of esters is 1. The van der Waals surface area contributed by atoms with E-state index in [0.717, 1.165) is 0 Å². The monoisotopic (exact) mass is 211 g/mol. The second kappa shape index (κ2) is 4.29. The molecule has 1 aromatic carbocycles. The van der Waals surface area contributed by atoms with E-state index < -0.39 is 11.9 Å². The summed E-state index contributed by atoms with van der Waals surface area (Å²) in [6.07, 6.45) is -0.103. The van der Waals surface area contributed by atoms with Crippen molar-refractivity contribution in [1.29, 1.82) is 0 Å². The van der Waals surface area contributed by atoms with Crippen LogP contribution in [0.4, 0.5) is 5.69 Å². The van der Waals surface area contributed by atoms with Gasteiger partial charge >= 0.3 is 11.9 Å². The highest BCUT2D eigenvalue weighted by Gasteiger charge is 2.26. The SMILES string of the molecule is CCC(O)(O)OC(=O)c1ccc(N)cc1. The Morgan fingerprint density at radius 2 is 1.93 bits per heavy atom. The van der Waals surface area contributed by atoms with Crippen LogP contribution >= 0.6 is 0 Å². The summed E-state index contributed by atoms with van der Waals surface area (Å²) in [5.41, 5.74) is 6.16. The highest BCUT2D eigenvalue weighted by molar-refractivity contribution is 5.89. The second-order valence-electron chi connectivity index (χ2n) is 3.11. The molecule has 0 unspecified atom stereocenters. The molecular formula is C10H13NO4. The van der Waals surface area contributed by atoms with Gasteiger partial charge in [0.2, 0.25) is 0 Å². The van der Waals surface area contributed by atoms with E-state index in [1.165, 1.54) is 31.2 Å². The van der Waals surface area contributed by atoms with Gasteiger partial charge < -0.3 is 20.7 Å². The lowest BCUT2D eigenvalue weighted by molar-refractivity contribution is -0.308. The molecule has 0 aliphatic heterocycles. The molecule has 0 amide bonds. The van der Waals surface area contributed by atoms with Crippen molar-refractivity contribution in [3.8, 4) is 0 Å². The van der Waals surface area contributed by atoms with E-state index in [1.54, 1.807) is 0 Å².